The number of nitro groups is 1. The van der Waals surface area contributed by atoms with Crippen LogP contribution in [-0.4, -0.2) is 37.3 Å². The van der Waals surface area contributed by atoms with Gasteiger partial charge >= 0.3 is 0 Å². The number of aryl methyl sites for hydroxylation is 1. The SMILES string of the molecule is C=CCn1c(SCC(=O)Nc2ccc(C)c([N+](=O)[O-])c2)nnc1[C@@H](C)NC(=O)c1ccccc1. The minimum Gasteiger partial charge on any atom is -0.342 e. The van der Waals surface area contributed by atoms with Crippen molar-refractivity contribution >= 4 is 35.0 Å². The van der Waals surface area contributed by atoms with Crippen molar-refractivity contribution in [1.29, 1.82) is 0 Å². The van der Waals surface area contributed by atoms with Gasteiger partial charge in [-0.25, -0.2) is 0 Å². The summed E-state index contributed by atoms with van der Waals surface area (Å²) in [6, 6.07) is 12.9. The summed E-state index contributed by atoms with van der Waals surface area (Å²) in [5.41, 5.74) is 1.32. The number of rotatable bonds is 10. The third-order valence-electron chi connectivity index (χ3n) is 4.85. The molecular formula is C23H24N6O4S. The highest BCUT2D eigenvalue weighted by molar-refractivity contribution is 7.99. The van der Waals surface area contributed by atoms with E-state index in [1.165, 1.54) is 6.07 Å². The molecule has 0 unspecified atom stereocenters. The molecule has 2 aromatic carbocycles. The molecule has 0 fully saturated rings. The minimum atomic E-state index is -0.489. The van der Waals surface area contributed by atoms with Gasteiger partial charge in [-0.05, 0) is 32.0 Å². The second kappa shape index (κ2) is 11.2. The van der Waals surface area contributed by atoms with Gasteiger partial charge in [0.2, 0.25) is 5.91 Å². The van der Waals surface area contributed by atoms with Crippen LogP contribution in [0, 0.1) is 17.0 Å². The lowest BCUT2D eigenvalue weighted by atomic mass is 10.2. The van der Waals surface area contributed by atoms with E-state index in [9.17, 15) is 19.7 Å². The molecule has 1 heterocycles. The van der Waals surface area contributed by atoms with Crippen molar-refractivity contribution in [3.8, 4) is 0 Å². The van der Waals surface area contributed by atoms with E-state index in [1.54, 1.807) is 60.9 Å². The Morgan fingerprint density at radius 1 is 1.24 bits per heavy atom. The summed E-state index contributed by atoms with van der Waals surface area (Å²) in [4.78, 5) is 35.5. The highest BCUT2D eigenvalue weighted by Gasteiger charge is 2.20. The van der Waals surface area contributed by atoms with Crippen LogP contribution in [0.4, 0.5) is 11.4 Å². The number of aromatic nitrogens is 3. The Labute approximate surface area is 200 Å². The van der Waals surface area contributed by atoms with Crippen molar-refractivity contribution in [3.05, 3.63) is 88.3 Å². The fraction of sp³-hybridized carbons (Fsp3) is 0.217. The number of carbonyl (C=O) groups excluding carboxylic acids is 2. The number of thioether (sulfide) groups is 1. The Hall–Kier alpha value is -3.99. The third-order valence-corrected chi connectivity index (χ3v) is 5.82. The Balaban J connectivity index is 1.66. The molecule has 2 amide bonds. The van der Waals surface area contributed by atoms with E-state index in [-0.39, 0.29) is 23.3 Å². The smallest absolute Gasteiger partial charge is 0.274 e. The maximum atomic E-state index is 12.5. The van der Waals surface area contributed by atoms with Crippen LogP contribution in [0.1, 0.15) is 34.7 Å². The Kier molecular flexibility index (Phi) is 8.14. The normalized spacial score (nSPS) is 11.5. The van der Waals surface area contributed by atoms with Gasteiger partial charge in [-0.2, -0.15) is 0 Å². The molecule has 0 bridgehead atoms. The number of nitro benzene ring substituents is 1. The Morgan fingerprint density at radius 2 is 1.97 bits per heavy atom. The van der Waals surface area contributed by atoms with E-state index >= 15 is 0 Å². The summed E-state index contributed by atoms with van der Waals surface area (Å²) < 4.78 is 1.78. The van der Waals surface area contributed by atoms with Crippen LogP contribution in [0.5, 0.6) is 0 Å². The van der Waals surface area contributed by atoms with Gasteiger partial charge in [-0.1, -0.05) is 42.1 Å². The number of hydrogen-bond donors (Lipinski definition) is 2. The molecule has 1 atom stereocenters. The predicted octanol–water partition coefficient (Wildman–Crippen LogP) is 3.90. The van der Waals surface area contributed by atoms with Crippen LogP contribution in [-0.2, 0) is 11.3 Å². The molecule has 0 aliphatic rings. The first kappa shape index (κ1) is 24.6. The summed E-state index contributed by atoms with van der Waals surface area (Å²) in [5.74, 6) is -0.0339. The molecular weight excluding hydrogens is 456 g/mol. The third kappa shape index (κ3) is 6.07. The van der Waals surface area contributed by atoms with Gasteiger partial charge in [0.15, 0.2) is 11.0 Å². The van der Waals surface area contributed by atoms with E-state index in [0.717, 1.165) is 11.8 Å². The molecule has 10 nitrogen and oxygen atoms in total. The van der Waals surface area contributed by atoms with Crippen molar-refractivity contribution in [2.24, 2.45) is 0 Å². The lowest BCUT2D eigenvalue weighted by Gasteiger charge is -2.15. The van der Waals surface area contributed by atoms with Gasteiger partial charge in [-0.15, -0.1) is 16.8 Å². The summed E-state index contributed by atoms with van der Waals surface area (Å²) in [7, 11) is 0. The Morgan fingerprint density at radius 3 is 2.65 bits per heavy atom. The maximum absolute atomic E-state index is 12.5. The first-order chi connectivity index (χ1) is 16.3. The molecule has 0 spiro atoms. The zero-order chi connectivity index (χ0) is 24.7. The first-order valence-corrected chi connectivity index (χ1v) is 11.4. The molecule has 34 heavy (non-hydrogen) atoms. The second-order valence-electron chi connectivity index (χ2n) is 7.40. The number of nitrogens with one attached hydrogen (secondary N) is 2. The zero-order valence-electron chi connectivity index (χ0n) is 18.7. The molecule has 0 aliphatic heterocycles. The predicted molar refractivity (Wildman–Crippen MR) is 130 cm³/mol. The van der Waals surface area contributed by atoms with Crippen molar-refractivity contribution < 1.29 is 14.5 Å². The van der Waals surface area contributed by atoms with Crippen molar-refractivity contribution in [2.75, 3.05) is 11.1 Å². The number of amides is 2. The van der Waals surface area contributed by atoms with E-state index < -0.39 is 11.0 Å². The molecule has 0 saturated carbocycles. The quantitative estimate of drug-likeness (QED) is 0.195. The average molecular weight is 481 g/mol. The molecule has 1 aromatic heterocycles. The number of allylic oxidation sites excluding steroid dienone is 1. The molecule has 3 aromatic rings. The highest BCUT2D eigenvalue weighted by Crippen LogP contribution is 2.24. The lowest BCUT2D eigenvalue weighted by Crippen LogP contribution is -2.28. The molecule has 176 valence electrons. The van der Waals surface area contributed by atoms with Gasteiger partial charge in [-0.3, -0.25) is 19.7 Å². The fourth-order valence-electron chi connectivity index (χ4n) is 3.17. The molecule has 11 heteroatoms. The number of carbonyl (C=O) groups is 2. The molecule has 0 aliphatic carbocycles. The van der Waals surface area contributed by atoms with Crippen LogP contribution in [0.3, 0.4) is 0 Å². The fourth-order valence-corrected chi connectivity index (χ4v) is 3.93. The molecule has 2 N–H and O–H groups in total. The summed E-state index contributed by atoms with van der Waals surface area (Å²) in [6.07, 6.45) is 1.67. The summed E-state index contributed by atoms with van der Waals surface area (Å²) >= 11 is 1.16. The number of benzene rings is 2. The Bertz CT molecular complexity index is 1210. The van der Waals surface area contributed by atoms with Crippen LogP contribution in [0.2, 0.25) is 0 Å². The topological polar surface area (TPSA) is 132 Å². The zero-order valence-corrected chi connectivity index (χ0v) is 19.5. The molecule has 0 radical (unpaired) electrons. The molecule has 3 rings (SSSR count). The van der Waals surface area contributed by atoms with Gasteiger partial charge in [0.1, 0.15) is 0 Å². The van der Waals surface area contributed by atoms with Gasteiger partial charge in [0.25, 0.3) is 11.6 Å². The minimum absolute atomic E-state index is 0.0156. The van der Waals surface area contributed by atoms with E-state index in [0.29, 0.717) is 34.3 Å². The van der Waals surface area contributed by atoms with E-state index in [2.05, 4.69) is 27.4 Å². The number of nitrogens with zero attached hydrogens (tertiary/aromatic N) is 4. The van der Waals surface area contributed by atoms with Gasteiger partial charge in [0, 0.05) is 29.4 Å². The molecule has 0 saturated heterocycles. The summed E-state index contributed by atoms with van der Waals surface area (Å²) in [5, 5.41) is 25.5. The van der Waals surface area contributed by atoms with Crippen LogP contribution >= 0.6 is 11.8 Å². The van der Waals surface area contributed by atoms with Crippen molar-refractivity contribution in [3.63, 3.8) is 0 Å². The number of anilines is 1. The van der Waals surface area contributed by atoms with Gasteiger partial charge in [0.05, 0.1) is 16.7 Å². The highest BCUT2D eigenvalue weighted by atomic mass is 32.2. The van der Waals surface area contributed by atoms with Crippen LogP contribution in [0.15, 0.2) is 66.3 Å². The van der Waals surface area contributed by atoms with E-state index in [1.807, 2.05) is 6.07 Å². The monoisotopic (exact) mass is 480 g/mol. The van der Waals surface area contributed by atoms with Crippen molar-refractivity contribution in [2.45, 2.75) is 31.6 Å². The first-order valence-electron chi connectivity index (χ1n) is 10.4. The van der Waals surface area contributed by atoms with E-state index in [4.69, 9.17) is 0 Å². The largest absolute Gasteiger partial charge is 0.342 e. The summed E-state index contributed by atoms with van der Waals surface area (Å²) in [6.45, 7) is 7.58. The lowest BCUT2D eigenvalue weighted by molar-refractivity contribution is -0.385. The van der Waals surface area contributed by atoms with Crippen molar-refractivity contribution in [1.82, 2.24) is 20.1 Å². The second-order valence-corrected chi connectivity index (χ2v) is 8.34. The maximum Gasteiger partial charge on any atom is 0.274 e. The standard InChI is InChI=1S/C23H24N6O4S/c1-4-12-28-21(16(3)24-22(31)17-8-6-5-7-9-17)26-27-23(28)34-14-20(30)25-18-11-10-15(2)19(13-18)29(32)33/h4-11,13,16H,1,12,14H2,2-3H3,(H,24,31)(H,25,30)/t16-/m1/s1. The number of hydrogen-bond acceptors (Lipinski definition) is 7. The average Bonchev–Trinajstić information content (AvgIpc) is 3.22. The van der Waals surface area contributed by atoms with Crippen LogP contribution < -0.4 is 10.6 Å². The van der Waals surface area contributed by atoms with Gasteiger partial charge < -0.3 is 15.2 Å². The van der Waals surface area contributed by atoms with Crippen LogP contribution in [0.25, 0.3) is 0 Å².